The molecule has 5 nitrogen and oxygen atoms in total. The molecule has 0 spiro atoms. The fourth-order valence-corrected chi connectivity index (χ4v) is 2.65. The Balaban J connectivity index is 2.03. The fourth-order valence-electron chi connectivity index (χ4n) is 2.65. The number of ether oxygens (including phenoxy) is 1. The van der Waals surface area contributed by atoms with Crippen molar-refractivity contribution in [3.05, 3.63) is 42.0 Å². The Hall–Kier alpha value is -2.30. The Kier molecular flexibility index (Phi) is 6.01. The lowest BCUT2D eigenvalue weighted by Crippen LogP contribution is -2.45. The molecule has 1 heterocycles. The molecule has 2 rings (SSSR count). The third-order valence-corrected chi connectivity index (χ3v) is 3.97. The average molecular weight is 330 g/mol. The Labute approximate surface area is 143 Å². The summed E-state index contributed by atoms with van der Waals surface area (Å²) in [6.07, 6.45) is 1.32. The number of benzene rings is 1. The number of hydrogen-bond donors (Lipinski definition) is 1. The predicted octanol–water partition coefficient (Wildman–Crippen LogP) is 2.77. The minimum absolute atomic E-state index is 0.0300. The topological polar surface area (TPSA) is 58.6 Å². The van der Waals surface area contributed by atoms with E-state index in [2.05, 4.69) is 11.9 Å². The summed E-state index contributed by atoms with van der Waals surface area (Å²) >= 11 is 0. The van der Waals surface area contributed by atoms with Gasteiger partial charge in [0, 0.05) is 30.6 Å². The van der Waals surface area contributed by atoms with Gasteiger partial charge in [0.1, 0.15) is 12.4 Å². The van der Waals surface area contributed by atoms with Gasteiger partial charge in [-0.1, -0.05) is 6.58 Å². The van der Waals surface area contributed by atoms with Crippen LogP contribution in [0.1, 0.15) is 44.0 Å². The number of carbonyl (C=O) groups excluding carboxylic acids is 2. The maximum atomic E-state index is 12.8. The summed E-state index contributed by atoms with van der Waals surface area (Å²) in [6, 6.07) is 7.26. The van der Waals surface area contributed by atoms with Gasteiger partial charge < -0.3 is 15.0 Å². The van der Waals surface area contributed by atoms with Gasteiger partial charge in [0.25, 0.3) is 5.91 Å². The van der Waals surface area contributed by atoms with Gasteiger partial charge in [-0.2, -0.15) is 0 Å². The molecule has 0 aliphatic carbocycles. The lowest BCUT2D eigenvalue weighted by atomic mass is 10.1. The van der Waals surface area contributed by atoms with E-state index in [0.717, 1.165) is 12.0 Å². The Morgan fingerprint density at radius 3 is 2.54 bits per heavy atom. The van der Waals surface area contributed by atoms with Crippen LogP contribution in [-0.4, -0.2) is 41.9 Å². The van der Waals surface area contributed by atoms with Crippen molar-refractivity contribution < 1.29 is 14.3 Å². The highest BCUT2D eigenvalue weighted by Gasteiger charge is 2.27. The molecule has 1 atom stereocenters. The number of rotatable bonds is 7. The zero-order valence-corrected chi connectivity index (χ0v) is 14.7. The van der Waals surface area contributed by atoms with Crippen molar-refractivity contribution >= 4 is 11.8 Å². The van der Waals surface area contributed by atoms with E-state index in [9.17, 15) is 9.59 Å². The molecule has 24 heavy (non-hydrogen) atoms. The molecule has 0 unspecified atom stereocenters. The zero-order valence-electron chi connectivity index (χ0n) is 14.7. The van der Waals surface area contributed by atoms with Crippen LogP contribution in [0, 0.1) is 0 Å². The van der Waals surface area contributed by atoms with Crippen LogP contribution < -0.4 is 10.1 Å². The normalized spacial score (nSPS) is 16.8. The first-order valence-electron chi connectivity index (χ1n) is 8.34. The van der Waals surface area contributed by atoms with E-state index in [0.29, 0.717) is 30.9 Å². The summed E-state index contributed by atoms with van der Waals surface area (Å²) in [6.45, 7) is 10.7. The number of carbonyl (C=O) groups is 2. The van der Waals surface area contributed by atoms with Gasteiger partial charge in [0.2, 0.25) is 5.91 Å². The summed E-state index contributed by atoms with van der Waals surface area (Å²) in [5.41, 5.74) is 1.57. The van der Waals surface area contributed by atoms with Crippen LogP contribution in [0.25, 0.3) is 0 Å². The van der Waals surface area contributed by atoms with Gasteiger partial charge in [-0.05, 0) is 57.0 Å². The highest BCUT2D eigenvalue weighted by atomic mass is 16.5. The van der Waals surface area contributed by atoms with E-state index in [1.165, 1.54) is 0 Å². The van der Waals surface area contributed by atoms with Gasteiger partial charge >= 0.3 is 0 Å². The van der Waals surface area contributed by atoms with Gasteiger partial charge in [-0.25, -0.2) is 0 Å². The molecule has 0 bridgehead atoms. The van der Waals surface area contributed by atoms with Crippen LogP contribution >= 0.6 is 0 Å². The fraction of sp³-hybridized carbons (Fsp3) is 0.474. The largest absolute Gasteiger partial charge is 0.489 e. The second-order valence-corrected chi connectivity index (χ2v) is 6.62. The third-order valence-electron chi connectivity index (χ3n) is 3.97. The van der Waals surface area contributed by atoms with E-state index < -0.39 is 0 Å². The second kappa shape index (κ2) is 7.99. The number of nitrogens with one attached hydrogen (secondary N) is 1. The number of amides is 2. The monoisotopic (exact) mass is 330 g/mol. The first-order chi connectivity index (χ1) is 11.4. The molecule has 2 amide bonds. The molecule has 5 heteroatoms. The minimum Gasteiger partial charge on any atom is -0.489 e. The molecular weight excluding hydrogens is 304 g/mol. The molecule has 1 aliphatic rings. The van der Waals surface area contributed by atoms with Crippen molar-refractivity contribution in [1.82, 2.24) is 10.2 Å². The lowest BCUT2D eigenvalue weighted by Gasteiger charge is -2.29. The molecule has 1 fully saturated rings. The van der Waals surface area contributed by atoms with Crippen molar-refractivity contribution in [2.24, 2.45) is 0 Å². The summed E-state index contributed by atoms with van der Waals surface area (Å²) in [5, 5.41) is 2.92. The summed E-state index contributed by atoms with van der Waals surface area (Å²) < 4.78 is 5.56. The minimum atomic E-state index is -0.0300. The summed E-state index contributed by atoms with van der Waals surface area (Å²) in [4.78, 5) is 26.0. The SMILES string of the molecule is C=C(C)COc1ccc(C(=O)N(C[C@@H]2CCC(=O)N2)C(C)C)cc1. The van der Waals surface area contributed by atoms with E-state index >= 15 is 0 Å². The molecule has 0 radical (unpaired) electrons. The van der Waals surface area contributed by atoms with Crippen molar-refractivity contribution in [3.63, 3.8) is 0 Å². The highest BCUT2D eigenvalue weighted by molar-refractivity contribution is 5.94. The zero-order chi connectivity index (χ0) is 17.7. The smallest absolute Gasteiger partial charge is 0.254 e. The van der Waals surface area contributed by atoms with Crippen molar-refractivity contribution in [3.8, 4) is 5.75 Å². The number of nitrogens with zero attached hydrogens (tertiary/aromatic N) is 1. The van der Waals surface area contributed by atoms with Gasteiger partial charge in [0.05, 0.1) is 0 Å². The van der Waals surface area contributed by atoms with Crippen LogP contribution in [0.2, 0.25) is 0 Å². The molecule has 0 saturated carbocycles. The molecule has 1 aromatic rings. The predicted molar refractivity (Wildman–Crippen MR) is 94.1 cm³/mol. The van der Waals surface area contributed by atoms with Crippen LogP contribution in [0.5, 0.6) is 5.75 Å². The van der Waals surface area contributed by atoms with Crippen molar-refractivity contribution in [2.45, 2.75) is 45.7 Å². The van der Waals surface area contributed by atoms with E-state index in [1.807, 2.05) is 20.8 Å². The van der Waals surface area contributed by atoms with Crippen molar-refractivity contribution in [1.29, 1.82) is 0 Å². The highest BCUT2D eigenvalue weighted by Crippen LogP contribution is 2.17. The van der Waals surface area contributed by atoms with Gasteiger partial charge in [-0.3, -0.25) is 9.59 Å². The average Bonchev–Trinajstić information content (AvgIpc) is 2.95. The number of hydrogen-bond acceptors (Lipinski definition) is 3. The molecular formula is C19H26N2O3. The molecule has 1 N–H and O–H groups in total. The van der Waals surface area contributed by atoms with Crippen LogP contribution in [-0.2, 0) is 4.79 Å². The lowest BCUT2D eigenvalue weighted by molar-refractivity contribution is -0.119. The first-order valence-corrected chi connectivity index (χ1v) is 8.34. The van der Waals surface area contributed by atoms with Crippen molar-refractivity contribution in [2.75, 3.05) is 13.2 Å². The Morgan fingerprint density at radius 1 is 1.38 bits per heavy atom. The van der Waals surface area contributed by atoms with Crippen LogP contribution in [0.15, 0.2) is 36.4 Å². The second-order valence-electron chi connectivity index (χ2n) is 6.62. The van der Waals surface area contributed by atoms with E-state index in [4.69, 9.17) is 4.74 Å². The quantitative estimate of drug-likeness (QED) is 0.782. The molecule has 1 aromatic carbocycles. The van der Waals surface area contributed by atoms with Gasteiger partial charge in [-0.15, -0.1) is 0 Å². The third kappa shape index (κ3) is 4.85. The maximum absolute atomic E-state index is 12.8. The molecule has 1 aliphatic heterocycles. The van der Waals surface area contributed by atoms with E-state index in [1.54, 1.807) is 29.2 Å². The summed E-state index contributed by atoms with van der Waals surface area (Å²) in [5.74, 6) is 0.751. The molecule has 1 saturated heterocycles. The molecule has 0 aromatic heterocycles. The molecule has 130 valence electrons. The van der Waals surface area contributed by atoms with Gasteiger partial charge in [0.15, 0.2) is 0 Å². The van der Waals surface area contributed by atoms with Crippen LogP contribution in [0.4, 0.5) is 0 Å². The van der Waals surface area contributed by atoms with Crippen LogP contribution in [0.3, 0.4) is 0 Å². The standard InChI is InChI=1S/C19H26N2O3/c1-13(2)12-24-17-8-5-15(6-9-17)19(23)21(14(3)4)11-16-7-10-18(22)20-16/h5-6,8-9,14,16H,1,7,10-12H2,2-4H3,(H,20,22)/t16-/m0/s1. The van der Waals surface area contributed by atoms with E-state index in [-0.39, 0.29) is 23.9 Å². The Bertz CT molecular complexity index is 608. The first kappa shape index (κ1) is 18.0. The summed E-state index contributed by atoms with van der Waals surface area (Å²) in [7, 11) is 0. The maximum Gasteiger partial charge on any atom is 0.254 e. The Morgan fingerprint density at radius 2 is 2.04 bits per heavy atom.